The van der Waals surface area contributed by atoms with Gasteiger partial charge in [0.2, 0.25) is 5.89 Å². The van der Waals surface area contributed by atoms with Crippen LogP contribution < -0.4 is 0 Å². The maximum absolute atomic E-state index is 9.88. The molecular formula is C12H20N2O3S. The summed E-state index contributed by atoms with van der Waals surface area (Å²) in [5.41, 5.74) is 0. The minimum absolute atomic E-state index is 0.175. The summed E-state index contributed by atoms with van der Waals surface area (Å²) in [6.45, 7) is 7.50. The highest BCUT2D eigenvalue weighted by atomic mass is 32.2. The highest BCUT2D eigenvalue weighted by Gasteiger charge is 2.30. The molecule has 0 amide bonds. The third-order valence-corrected chi connectivity index (χ3v) is 4.02. The van der Waals surface area contributed by atoms with E-state index >= 15 is 0 Å². The molecule has 0 aliphatic carbocycles. The van der Waals surface area contributed by atoms with Crippen LogP contribution in [0.15, 0.2) is 4.52 Å². The van der Waals surface area contributed by atoms with Crippen LogP contribution in [-0.2, 0) is 10.5 Å². The van der Waals surface area contributed by atoms with Crippen LogP contribution in [-0.4, -0.2) is 39.3 Å². The van der Waals surface area contributed by atoms with E-state index in [1.807, 2.05) is 0 Å². The second kappa shape index (κ2) is 5.59. The van der Waals surface area contributed by atoms with Gasteiger partial charge in [-0.3, -0.25) is 0 Å². The van der Waals surface area contributed by atoms with Gasteiger partial charge in [0.15, 0.2) is 5.82 Å². The number of hydrogen-bond donors (Lipinski definition) is 1. The summed E-state index contributed by atoms with van der Waals surface area (Å²) in [5.74, 6) is 1.71. The molecule has 2 atom stereocenters. The minimum atomic E-state index is -0.442. The molecule has 0 aromatic carbocycles. The standard InChI is InChI=1S/C12H20N2O3S/c1-12(2,3)18-7-10-13-11(17-14-10)8-6-16-5-4-9(8)15/h8-9,15H,4-7H2,1-3H3. The van der Waals surface area contributed by atoms with Crippen molar-refractivity contribution in [1.82, 2.24) is 10.1 Å². The molecule has 1 N–H and O–H groups in total. The normalized spacial score (nSPS) is 25.3. The maximum Gasteiger partial charge on any atom is 0.234 e. The van der Waals surface area contributed by atoms with E-state index in [0.29, 0.717) is 31.3 Å². The fourth-order valence-electron chi connectivity index (χ4n) is 1.72. The summed E-state index contributed by atoms with van der Waals surface area (Å²) >= 11 is 1.77. The Labute approximate surface area is 111 Å². The number of aliphatic hydroxyl groups is 1. The molecule has 1 aromatic heterocycles. The number of aromatic nitrogens is 2. The average Bonchev–Trinajstić information content (AvgIpc) is 2.75. The number of nitrogens with zero attached hydrogens (tertiary/aromatic N) is 2. The zero-order valence-electron chi connectivity index (χ0n) is 11.0. The number of rotatable bonds is 3. The van der Waals surface area contributed by atoms with Gasteiger partial charge in [0.05, 0.1) is 24.4 Å². The summed E-state index contributed by atoms with van der Waals surface area (Å²) in [4.78, 5) is 4.35. The van der Waals surface area contributed by atoms with Gasteiger partial charge in [-0.05, 0) is 6.42 Å². The molecular weight excluding hydrogens is 252 g/mol. The lowest BCUT2D eigenvalue weighted by molar-refractivity contribution is -0.0149. The van der Waals surface area contributed by atoms with Crippen LogP contribution in [0.1, 0.15) is 44.8 Å². The Morgan fingerprint density at radius 3 is 2.89 bits per heavy atom. The Morgan fingerprint density at radius 2 is 2.22 bits per heavy atom. The molecule has 5 nitrogen and oxygen atoms in total. The van der Waals surface area contributed by atoms with Gasteiger partial charge in [0.1, 0.15) is 0 Å². The van der Waals surface area contributed by atoms with Gasteiger partial charge in [-0.1, -0.05) is 25.9 Å². The van der Waals surface area contributed by atoms with Crippen molar-refractivity contribution in [2.75, 3.05) is 13.2 Å². The molecule has 0 saturated carbocycles. The predicted octanol–water partition coefficient (Wildman–Crippen LogP) is 1.97. The predicted molar refractivity (Wildman–Crippen MR) is 69.5 cm³/mol. The van der Waals surface area contributed by atoms with Gasteiger partial charge in [-0.15, -0.1) is 11.8 Å². The molecule has 18 heavy (non-hydrogen) atoms. The van der Waals surface area contributed by atoms with Crippen LogP contribution in [0.4, 0.5) is 0 Å². The van der Waals surface area contributed by atoms with Crippen LogP contribution in [0.5, 0.6) is 0 Å². The Bertz CT molecular complexity index is 389. The highest BCUT2D eigenvalue weighted by molar-refractivity contribution is 7.99. The molecule has 1 fully saturated rings. The lowest BCUT2D eigenvalue weighted by Crippen LogP contribution is -2.30. The van der Waals surface area contributed by atoms with E-state index in [1.165, 1.54) is 0 Å². The second-order valence-electron chi connectivity index (χ2n) is 5.49. The molecule has 0 spiro atoms. The fourth-order valence-corrected chi connectivity index (χ4v) is 2.40. The zero-order valence-corrected chi connectivity index (χ0v) is 11.9. The molecule has 2 unspecified atom stereocenters. The second-order valence-corrected chi connectivity index (χ2v) is 7.29. The number of aliphatic hydroxyl groups excluding tert-OH is 1. The summed E-state index contributed by atoms with van der Waals surface area (Å²) < 4.78 is 10.7. The minimum Gasteiger partial charge on any atom is -0.392 e. The highest BCUT2D eigenvalue weighted by Crippen LogP contribution is 2.28. The first-order valence-electron chi connectivity index (χ1n) is 6.18. The lowest BCUT2D eigenvalue weighted by Gasteiger charge is -2.24. The van der Waals surface area contributed by atoms with Crippen LogP contribution in [0, 0.1) is 0 Å². The number of hydrogen-bond acceptors (Lipinski definition) is 6. The molecule has 1 aliphatic heterocycles. The van der Waals surface area contributed by atoms with Gasteiger partial charge in [0.25, 0.3) is 0 Å². The molecule has 0 bridgehead atoms. The van der Waals surface area contributed by atoms with Crippen molar-refractivity contribution in [1.29, 1.82) is 0 Å². The topological polar surface area (TPSA) is 68.4 Å². The van der Waals surface area contributed by atoms with Crippen LogP contribution in [0.3, 0.4) is 0 Å². The smallest absolute Gasteiger partial charge is 0.234 e. The Morgan fingerprint density at radius 1 is 1.44 bits per heavy atom. The van der Waals surface area contributed by atoms with E-state index in [9.17, 15) is 5.11 Å². The summed E-state index contributed by atoms with van der Waals surface area (Å²) in [6.07, 6.45) is 0.182. The van der Waals surface area contributed by atoms with Crippen molar-refractivity contribution in [2.45, 2.75) is 49.7 Å². The van der Waals surface area contributed by atoms with E-state index in [1.54, 1.807) is 11.8 Å². The van der Waals surface area contributed by atoms with Crippen molar-refractivity contribution in [3.63, 3.8) is 0 Å². The van der Waals surface area contributed by atoms with Crippen LogP contribution in [0.25, 0.3) is 0 Å². The molecule has 1 aliphatic rings. The van der Waals surface area contributed by atoms with E-state index in [0.717, 1.165) is 5.75 Å². The zero-order chi connectivity index (χ0) is 13.2. The molecule has 102 valence electrons. The Balaban J connectivity index is 1.97. The first-order valence-corrected chi connectivity index (χ1v) is 7.16. The lowest BCUT2D eigenvalue weighted by atomic mass is 9.99. The van der Waals surface area contributed by atoms with Crippen molar-refractivity contribution in [3.8, 4) is 0 Å². The molecule has 2 heterocycles. The van der Waals surface area contributed by atoms with Crippen LogP contribution >= 0.6 is 11.8 Å². The van der Waals surface area contributed by atoms with E-state index in [4.69, 9.17) is 9.26 Å². The third kappa shape index (κ3) is 3.70. The molecule has 2 rings (SSSR count). The number of ether oxygens (including phenoxy) is 1. The summed E-state index contributed by atoms with van der Waals surface area (Å²) in [7, 11) is 0. The van der Waals surface area contributed by atoms with E-state index < -0.39 is 6.10 Å². The van der Waals surface area contributed by atoms with Gasteiger partial charge in [-0.25, -0.2) is 0 Å². The first kappa shape index (κ1) is 13.8. The molecule has 6 heteroatoms. The third-order valence-electron chi connectivity index (χ3n) is 2.76. The molecule has 1 aromatic rings. The SMILES string of the molecule is CC(C)(C)SCc1noc(C2COCCC2O)n1. The van der Waals surface area contributed by atoms with Crippen molar-refractivity contribution >= 4 is 11.8 Å². The molecule has 1 saturated heterocycles. The summed E-state index contributed by atoms with van der Waals surface area (Å²) in [5, 5.41) is 13.8. The van der Waals surface area contributed by atoms with Crippen molar-refractivity contribution < 1.29 is 14.4 Å². The quantitative estimate of drug-likeness (QED) is 0.907. The largest absolute Gasteiger partial charge is 0.392 e. The summed E-state index contributed by atoms with van der Waals surface area (Å²) in [6, 6.07) is 0. The average molecular weight is 272 g/mol. The first-order chi connectivity index (χ1) is 8.46. The van der Waals surface area contributed by atoms with Crippen LogP contribution in [0.2, 0.25) is 0 Å². The van der Waals surface area contributed by atoms with E-state index in [2.05, 4.69) is 30.9 Å². The maximum atomic E-state index is 9.88. The number of thioether (sulfide) groups is 1. The van der Waals surface area contributed by atoms with Gasteiger partial charge >= 0.3 is 0 Å². The monoisotopic (exact) mass is 272 g/mol. The Kier molecular flexibility index (Phi) is 4.29. The van der Waals surface area contributed by atoms with Gasteiger partial charge < -0.3 is 14.4 Å². The van der Waals surface area contributed by atoms with E-state index in [-0.39, 0.29) is 10.7 Å². The van der Waals surface area contributed by atoms with Crippen molar-refractivity contribution in [2.24, 2.45) is 0 Å². The van der Waals surface area contributed by atoms with Gasteiger partial charge in [0, 0.05) is 11.4 Å². The van der Waals surface area contributed by atoms with Crippen molar-refractivity contribution in [3.05, 3.63) is 11.7 Å². The molecule has 0 radical (unpaired) electrons. The fraction of sp³-hybridized carbons (Fsp3) is 0.833. The van der Waals surface area contributed by atoms with Gasteiger partial charge in [-0.2, -0.15) is 4.98 Å². The Hall–Kier alpha value is -0.590.